The van der Waals surface area contributed by atoms with Gasteiger partial charge in [0.1, 0.15) is 6.10 Å². The molecule has 0 saturated heterocycles. The molecule has 3 saturated carbocycles. The van der Waals surface area contributed by atoms with Crippen LogP contribution >= 0.6 is 0 Å². The second-order valence-electron chi connectivity index (χ2n) is 32.9. The van der Waals surface area contributed by atoms with E-state index in [9.17, 15) is 4.79 Å². The van der Waals surface area contributed by atoms with Gasteiger partial charge < -0.3 is 14.9 Å². The zero-order valence-corrected chi connectivity index (χ0v) is 67.9. The van der Waals surface area contributed by atoms with E-state index in [2.05, 4.69) is 45.1 Å². The van der Waals surface area contributed by atoms with Crippen molar-refractivity contribution < 1.29 is 24.5 Å². The van der Waals surface area contributed by atoms with E-state index in [1.165, 1.54) is 469 Å². The van der Waals surface area contributed by atoms with Gasteiger partial charge in [0.15, 0.2) is 0 Å². The third-order valence-corrected chi connectivity index (χ3v) is 23.6. The first kappa shape index (κ1) is 95.4. The molecule has 0 aromatic rings. The van der Waals surface area contributed by atoms with Crippen molar-refractivity contribution in [2.24, 2.45) is 17.3 Å². The fourth-order valence-corrected chi connectivity index (χ4v) is 17.1. The molecule has 0 aromatic carbocycles. The molecule has 3 aliphatic carbocycles. The van der Waals surface area contributed by atoms with E-state index in [1.54, 1.807) is 0 Å². The second-order valence-corrected chi connectivity index (χ2v) is 32.9. The van der Waals surface area contributed by atoms with Crippen LogP contribution in [-0.4, -0.2) is 34.9 Å². The maximum Gasteiger partial charge on any atom is 0.312 e. The number of carbonyl (C=O) groups is 2. The first-order chi connectivity index (χ1) is 49.0. The topological polar surface area (TPSA) is 83.8 Å². The number of carbonyl (C=O) groups excluding carboxylic acids is 1. The number of rotatable bonds is 50. The number of aliphatic hydroxyl groups is 1. The van der Waals surface area contributed by atoms with Crippen LogP contribution in [0, 0.1) is 17.3 Å². The van der Waals surface area contributed by atoms with Crippen LogP contribution in [0.25, 0.3) is 0 Å². The standard InChI is InChI=1S/C55H102O2.C23H48O.C16H30O2/c1-2-3-4-5-6-7-8-15-22-29-36-43-50-55(51-44-37-30-23-16-9-10-17-24-31-38-45-51,52-46-39-32-25-18-11-12-19-26-33-40-47-52)54(56)57-53-48-41-34-27-20-13-14-21-28-35-42-49-53;1-2-3-4-5-6-7-8-9-10-11-12-13-14-15-16-17-18-19-20-21-22-23-24;1-2-3-4-5-6-7-8-9-10-11-12-13-14-15-16(17)18/h7-8,51-53H,2-6,9-50H2,1H3;24H,2-23H2,1H3;7-8H,2-6,9-15H2,1H3,(H,17,18)/b8-7-;;8-7-. The monoisotopic (exact) mass is 1390 g/mol. The Balaban J connectivity index is 0.000000951. The van der Waals surface area contributed by atoms with Gasteiger partial charge in [-0.15, -0.1) is 0 Å². The summed E-state index contributed by atoms with van der Waals surface area (Å²) in [7, 11) is 0. The quantitative estimate of drug-likeness (QED) is 0.0360. The summed E-state index contributed by atoms with van der Waals surface area (Å²) in [5.41, 5.74) is -0.292. The van der Waals surface area contributed by atoms with Crippen LogP contribution < -0.4 is 0 Å². The van der Waals surface area contributed by atoms with Gasteiger partial charge in [-0.1, -0.05) is 430 Å². The molecule has 3 aliphatic rings. The van der Waals surface area contributed by atoms with E-state index in [0.717, 1.165) is 38.5 Å². The molecule has 0 unspecified atom stereocenters. The first-order valence-corrected chi connectivity index (χ1v) is 46.3. The smallest absolute Gasteiger partial charge is 0.312 e. The summed E-state index contributed by atoms with van der Waals surface area (Å²) in [6.07, 6.45) is 116. The van der Waals surface area contributed by atoms with Gasteiger partial charge in [0.05, 0.1) is 5.41 Å². The Hall–Kier alpha value is -1.62. The fraction of sp³-hybridized carbons (Fsp3) is 0.936. The molecule has 0 aromatic heterocycles. The lowest BCUT2D eigenvalue weighted by atomic mass is 9.58. The highest BCUT2D eigenvalue weighted by Gasteiger charge is 2.51. The largest absolute Gasteiger partial charge is 0.481 e. The van der Waals surface area contributed by atoms with Crippen molar-refractivity contribution in [3.8, 4) is 0 Å². The van der Waals surface area contributed by atoms with Gasteiger partial charge in [0, 0.05) is 13.0 Å². The Kier molecular flexibility index (Phi) is 76.1. The van der Waals surface area contributed by atoms with Crippen molar-refractivity contribution >= 4 is 11.9 Å². The zero-order valence-electron chi connectivity index (χ0n) is 67.9. The van der Waals surface area contributed by atoms with Crippen molar-refractivity contribution in [3.05, 3.63) is 24.3 Å². The highest BCUT2D eigenvalue weighted by Crippen LogP contribution is 2.52. The molecule has 0 amide bonds. The Bertz CT molecular complexity index is 1560. The first-order valence-electron chi connectivity index (χ1n) is 46.3. The van der Waals surface area contributed by atoms with E-state index >= 15 is 4.79 Å². The van der Waals surface area contributed by atoms with Crippen molar-refractivity contribution in [2.75, 3.05) is 6.61 Å². The summed E-state index contributed by atoms with van der Waals surface area (Å²) >= 11 is 0. The number of aliphatic carboxylic acids is 1. The molecule has 3 fully saturated rings. The van der Waals surface area contributed by atoms with Crippen LogP contribution in [0.3, 0.4) is 0 Å². The van der Waals surface area contributed by atoms with Gasteiger partial charge in [-0.05, 0) is 134 Å². The number of aliphatic hydroxyl groups excluding tert-OH is 1. The number of ether oxygens (including phenoxy) is 1. The van der Waals surface area contributed by atoms with Crippen molar-refractivity contribution in [1.82, 2.24) is 0 Å². The minimum Gasteiger partial charge on any atom is -0.481 e. The predicted octanol–water partition coefficient (Wildman–Crippen LogP) is 32.6. The lowest BCUT2D eigenvalue weighted by Gasteiger charge is -2.46. The number of carboxylic acids is 1. The molecule has 0 bridgehead atoms. The van der Waals surface area contributed by atoms with Gasteiger partial charge in [0.2, 0.25) is 0 Å². The van der Waals surface area contributed by atoms with Crippen molar-refractivity contribution in [2.45, 2.75) is 541 Å². The maximum absolute atomic E-state index is 15.8. The summed E-state index contributed by atoms with van der Waals surface area (Å²) in [5, 5.41) is 17.2. The number of carboxylic acid groups (broad SMARTS) is 1. The fourth-order valence-electron chi connectivity index (χ4n) is 17.1. The summed E-state index contributed by atoms with van der Waals surface area (Å²) < 4.78 is 7.19. The van der Waals surface area contributed by atoms with E-state index in [0.29, 0.717) is 30.8 Å². The average molecular weight is 1390 g/mol. The van der Waals surface area contributed by atoms with E-state index in [4.69, 9.17) is 14.9 Å². The van der Waals surface area contributed by atoms with Crippen LogP contribution in [-0.2, 0) is 14.3 Å². The summed E-state index contributed by atoms with van der Waals surface area (Å²) in [5.74, 6) is 0.640. The van der Waals surface area contributed by atoms with Crippen LogP contribution in [0.15, 0.2) is 24.3 Å². The van der Waals surface area contributed by atoms with E-state index in [-0.39, 0.29) is 11.5 Å². The van der Waals surface area contributed by atoms with E-state index < -0.39 is 5.97 Å². The highest BCUT2D eigenvalue weighted by atomic mass is 16.5. The molecule has 0 atom stereocenters. The number of unbranched alkanes of at least 4 members (excludes halogenated alkanes) is 37. The van der Waals surface area contributed by atoms with Crippen LogP contribution in [0.2, 0.25) is 0 Å². The normalized spacial score (nSPS) is 17.6. The Morgan fingerprint density at radius 2 is 0.515 bits per heavy atom. The maximum atomic E-state index is 15.8. The molecule has 0 spiro atoms. The van der Waals surface area contributed by atoms with Crippen molar-refractivity contribution in [1.29, 1.82) is 0 Å². The van der Waals surface area contributed by atoms with Gasteiger partial charge in [0.25, 0.3) is 0 Å². The minimum atomic E-state index is -0.666. The number of esters is 1. The molecule has 3 rings (SSSR count). The van der Waals surface area contributed by atoms with Gasteiger partial charge in [-0.2, -0.15) is 0 Å². The molecule has 586 valence electrons. The Morgan fingerprint density at radius 3 is 0.788 bits per heavy atom. The molecule has 0 aliphatic heterocycles. The Labute approximate surface area is 621 Å². The van der Waals surface area contributed by atoms with Gasteiger partial charge in [-0.3, -0.25) is 9.59 Å². The Morgan fingerprint density at radius 1 is 0.293 bits per heavy atom. The van der Waals surface area contributed by atoms with E-state index in [1.807, 2.05) is 0 Å². The number of hydrogen-bond donors (Lipinski definition) is 2. The summed E-state index contributed by atoms with van der Waals surface area (Å²) in [4.78, 5) is 26.1. The third-order valence-electron chi connectivity index (χ3n) is 23.6. The second kappa shape index (κ2) is 79.0. The van der Waals surface area contributed by atoms with Crippen molar-refractivity contribution in [3.63, 3.8) is 0 Å². The molecule has 0 heterocycles. The third kappa shape index (κ3) is 63.4. The molecule has 99 heavy (non-hydrogen) atoms. The molecule has 2 N–H and O–H groups in total. The predicted molar refractivity (Wildman–Crippen MR) is 439 cm³/mol. The van der Waals surface area contributed by atoms with Crippen LogP contribution in [0.1, 0.15) is 534 Å². The van der Waals surface area contributed by atoms with Gasteiger partial charge >= 0.3 is 11.9 Å². The minimum absolute atomic E-state index is 0.135. The number of hydrogen-bond acceptors (Lipinski definition) is 4. The van der Waals surface area contributed by atoms with Crippen LogP contribution in [0.5, 0.6) is 0 Å². The molecule has 5 nitrogen and oxygen atoms in total. The highest BCUT2D eigenvalue weighted by molar-refractivity contribution is 5.78. The summed E-state index contributed by atoms with van der Waals surface area (Å²) in [6.45, 7) is 7.22. The average Bonchev–Trinajstić information content (AvgIpc) is 0.824. The van der Waals surface area contributed by atoms with Crippen LogP contribution in [0.4, 0.5) is 0 Å². The summed E-state index contributed by atoms with van der Waals surface area (Å²) in [6, 6.07) is 0. The molecule has 0 radical (unpaired) electrons. The number of allylic oxidation sites excluding steroid dienone is 4. The SMILES string of the molecule is CCCCCC/C=C\CCCCCCC(C(=O)OC1CCCCCCCCCCCC1)(C1CCCCCCCCCCCC1)C1CCCCCCCCCCCC1.CCCCCC/C=C\CCCCCCCC(=O)O.CCCCCCCCCCCCCCCCCCCCCCCO. The molecular formula is C94H180O5. The lowest BCUT2D eigenvalue weighted by molar-refractivity contribution is -0.174. The van der Waals surface area contributed by atoms with Gasteiger partial charge in [-0.25, -0.2) is 0 Å². The molecular weight excluding hydrogens is 1210 g/mol. The molecule has 5 heteroatoms. The zero-order chi connectivity index (χ0) is 71.2. The lowest BCUT2D eigenvalue weighted by Crippen LogP contribution is -2.48.